The molecule has 0 saturated heterocycles. The summed E-state index contributed by atoms with van der Waals surface area (Å²) in [6.45, 7) is 6.07. The van der Waals surface area contributed by atoms with Crippen molar-refractivity contribution in [1.29, 1.82) is 0 Å². The predicted molar refractivity (Wildman–Crippen MR) is 69.2 cm³/mol. The third-order valence-corrected chi connectivity index (χ3v) is 2.65. The lowest BCUT2D eigenvalue weighted by molar-refractivity contribution is 0.261. The Labute approximate surface area is 99.2 Å². The van der Waals surface area contributed by atoms with E-state index in [-0.39, 0.29) is 0 Å². The molecule has 0 fully saturated rings. The van der Waals surface area contributed by atoms with Crippen LogP contribution in [0.3, 0.4) is 0 Å². The minimum absolute atomic E-state index is 0.753. The standard InChI is InChI=1S/C14H23NO/c1-5-12-9-13(6-2)11-14(10-12)16-8-7-15(3)4/h9-11H,5-8H2,1-4H3. The molecule has 0 aliphatic carbocycles. The molecule has 16 heavy (non-hydrogen) atoms. The maximum absolute atomic E-state index is 5.76. The van der Waals surface area contributed by atoms with E-state index in [4.69, 9.17) is 4.74 Å². The minimum atomic E-state index is 0.753. The molecule has 0 bridgehead atoms. The van der Waals surface area contributed by atoms with Crippen molar-refractivity contribution in [2.45, 2.75) is 26.7 Å². The predicted octanol–water partition coefficient (Wildman–Crippen LogP) is 2.75. The van der Waals surface area contributed by atoms with E-state index >= 15 is 0 Å². The summed E-state index contributed by atoms with van der Waals surface area (Å²) in [5.41, 5.74) is 2.72. The Bertz CT molecular complexity index is 298. The largest absolute Gasteiger partial charge is 0.492 e. The summed E-state index contributed by atoms with van der Waals surface area (Å²) >= 11 is 0. The molecule has 1 aromatic rings. The lowest BCUT2D eigenvalue weighted by atomic mass is 10.1. The molecule has 2 heteroatoms. The lowest BCUT2D eigenvalue weighted by Crippen LogP contribution is -2.19. The lowest BCUT2D eigenvalue weighted by Gasteiger charge is -2.12. The number of hydrogen-bond donors (Lipinski definition) is 0. The minimum Gasteiger partial charge on any atom is -0.492 e. The molecule has 0 spiro atoms. The van der Waals surface area contributed by atoms with Gasteiger partial charge in [0, 0.05) is 6.54 Å². The van der Waals surface area contributed by atoms with Crippen LogP contribution in [0, 0.1) is 0 Å². The van der Waals surface area contributed by atoms with Crippen molar-refractivity contribution in [1.82, 2.24) is 4.90 Å². The van der Waals surface area contributed by atoms with Crippen LogP contribution in [0.15, 0.2) is 18.2 Å². The Hall–Kier alpha value is -1.02. The molecule has 0 aliphatic heterocycles. The molecule has 0 heterocycles. The van der Waals surface area contributed by atoms with Crippen LogP contribution in [0.1, 0.15) is 25.0 Å². The monoisotopic (exact) mass is 221 g/mol. The SMILES string of the molecule is CCc1cc(CC)cc(OCCN(C)C)c1. The fraction of sp³-hybridized carbons (Fsp3) is 0.571. The molecule has 0 aliphatic rings. The van der Waals surface area contributed by atoms with Crippen LogP contribution in [0.5, 0.6) is 5.75 Å². The Morgan fingerprint density at radius 3 is 2.00 bits per heavy atom. The van der Waals surface area contributed by atoms with Gasteiger partial charge in [-0.25, -0.2) is 0 Å². The third-order valence-electron chi connectivity index (χ3n) is 2.65. The molecule has 0 N–H and O–H groups in total. The summed E-state index contributed by atoms with van der Waals surface area (Å²) < 4.78 is 5.76. The Morgan fingerprint density at radius 2 is 1.56 bits per heavy atom. The number of hydrogen-bond acceptors (Lipinski definition) is 2. The van der Waals surface area contributed by atoms with Gasteiger partial charge in [-0.15, -0.1) is 0 Å². The van der Waals surface area contributed by atoms with Crippen LogP contribution in [0.2, 0.25) is 0 Å². The fourth-order valence-electron chi connectivity index (χ4n) is 1.57. The highest BCUT2D eigenvalue weighted by molar-refractivity contribution is 5.34. The van der Waals surface area contributed by atoms with Crippen LogP contribution in [-0.4, -0.2) is 32.1 Å². The summed E-state index contributed by atoms with van der Waals surface area (Å²) in [7, 11) is 4.12. The van der Waals surface area contributed by atoms with Crippen LogP contribution in [0.4, 0.5) is 0 Å². The van der Waals surface area contributed by atoms with Gasteiger partial charge in [-0.2, -0.15) is 0 Å². The summed E-state index contributed by atoms with van der Waals surface area (Å²) in [5.74, 6) is 1.01. The van der Waals surface area contributed by atoms with E-state index < -0.39 is 0 Å². The van der Waals surface area contributed by atoms with Crippen molar-refractivity contribution >= 4 is 0 Å². The van der Waals surface area contributed by atoms with Crippen LogP contribution in [0.25, 0.3) is 0 Å². The smallest absolute Gasteiger partial charge is 0.119 e. The van der Waals surface area contributed by atoms with Crippen molar-refractivity contribution in [3.8, 4) is 5.75 Å². The molecule has 0 unspecified atom stereocenters. The van der Waals surface area contributed by atoms with Crippen LogP contribution in [-0.2, 0) is 12.8 Å². The van der Waals surface area contributed by atoms with Gasteiger partial charge in [0.1, 0.15) is 12.4 Å². The highest BCUT2D eigenvalue weighted by Crippen LogP contribution is 2.18. The first-order valence-electron chi connectivity index (χ1n) is 6.06. The molecule has 0 saturated carbocycles. The van der Waals surface area contributed by atoms with Crippen molar-refractivity contribution in [2.24, 2.45) is 0 Å². The number of ether oxygens (including phenoxy) is 1. The number of nitrogens with zero attached hydrogens (tertiary/aromatic N) is 1. The number of rotatable bonds is 6. The first-order valence-corrected chi connectivity index (χ1v) is 6.06. The summed E-state index contributed by atoms with van der Waals surface area (Å²) in [6.07, 6.45) is 2.13. The van der Waals surface area contributed by atoms with Crippen molar-refractivity contribution in [3.05, 3.63) is 29.3 Å². The summed E-state index contributed by atoms with van der Waals surface area (Å²) in [5, 5.41) is 0. The van der Waals surface area contributed by atoms with Gasteiger partial charge >= 0.3 is 0 Å². The van der Waals surface area contributed by atoms with Gasteiger partial charge in [-0.05, 0) is 50.2 Å². The summed E-state index contributed by atoms with van der Waals surface area (Å²) in [6, 6.07) is 6.56. The zero-order valence-corrected chi connectivity index (χ0v) is 10.9. The molecule has 0 amide bonds. The van der Waals surface area contributed by atoms with E-state index in [1.54, 1.807) is 0 Å². The van der Waals surface area contributed by atoms with Gasteiger partial charge < -0.3 is 9.64 Å². The maximum atomic E-state index is 5.76. The molecular formula is C14H23NO. The average molecular weight is 221 g/mol. The average Bonchev–Trinajstić information content (AvgIpc) is 2.28. The van der Waals surface area contributed by atoms with Gasteiger partial charge in [-0.1, -0.05) is 19.9 Å². The molecule has 90 valence electrons. The number of likely N-dealkylation sites (N-methyl/N-ethyl adjacent to an activating group) is 1. The molecule has 2 nitrogen and oxygen atoms in total. The van der Waals surface area contributed by atoms with E-state index in [0.717, 1.165) is 31.7 Å². The normalized spacial score (nSPS) is 10.8. The fourth-order valence-corrected chi connectivity index (χ4v) is 1.57. The zero-order valence-electron chi connectivity index (χ0n) is 10.9. The van der Waals surface area contributed by atoms with Crippen LogP contribution < -0.4 is 4.74 Å². The molecular weight excluding hydrogens is 198 g/mol. The molecule has 1 rings (SSSR count). The Balaban J connectivity index is 2.64. The molecule has 0 aromatic heterocycles. The van der Waals surface area contributed by atoms with Gasteiger partial charge in [-0.3, -0.25) is 0 Å². The maximum Gasteiger partial charge on any atom is 0.119 e. The Morgan fingerprint density at radius 1 is 1.00 bits per heavy atom. The molecule has 1 aromatic carbocycles. The van der Waals surface area contributed by atoms with Gasteiger partial charge in [0.05, 0.1) is 0 Å². The first kappa shape index (κ1) is 13.0. The van der Waals surface area contributed by atoms with Gasteiger partial charge in [0.25, 0.3) is 0 Å². The van der Waals surface area contributed by atoms with E-state index in [1.165, 1.54) is 11.1 Å². The van der Waals surface area contributed by atoms with Crippen LogP contribution >= 0.6 is 0 Å². The zero-order chi connectivity index (χ0) is 12.0. The molecule has 0 radical (unpaired) electrons. The highest BCUT2D eigenvalue weighted by Gasteiger charge is 2.00. The first-order chi connectivity index (χ1) is 7.65. The van der Waals surface area contributed by atoms with Crippen molar-refractivity contribution < 1.29 is 4.74 Å². The van der Waals surface area contributed by atoms with Gasteiger partial charge in [0.2, 0.25) is 0 Å². The Kier molecular flexibility index (Phi) is 5.33. The topological polar surface area (TPSA) is 12.5 Å². The quantitative estimate of drug-likeness (QED) is 0.732. The van der Waals surface area contributed by atoms with E-state index in [9.17, 15) is 0 Å². The van der Waals surface area contributed by atoms with Crippen molar-refractivity contribution in [2.75, 3.05) is 27.2 Å². The van der Waals surface area contributed by atoms with Crippen molar-refractivity contribution in [3.63, 3.8) is 0 Å². The second kappa shape index (κ2) is 6.54. The molecule has 0 atom stereocenters. The van der Waals surface area contributed by atoms with E-state index in [2.05, 4.69) is 51.0 Å². The number of aryl methyl sites for hydroxylation is 2. The van der Waals surface area contributed by atoms with Gasteiger partial charge in [0.15, 0.2) is 0 Å². The third kappa shape index (κ3) is 4.23. The highest BCUT2D eigenvalue weighted by atomic mass is 16.5. The second-order valence-electron chi connectivity index (χ2n) is 4.34. The van der Waals surface area contributed by atoms with E-state index in [1.807, 2.05) is 0 Å². The number of benzene rings is 1. The second-order valence-corrected chi connectivity index (χ2v) is 4.34. The van der Waals surface area contributed by atoms with E-state index in [0.29, 0.717) is 0 Å². The summed E-state index contributed by atoms with van der Waals surface area (Å²) in [4.78, 5) is 2.13.